The summed E-state index contributed by atoms with van der Waals surface area (Å²) >= 11 is 6.65. The van der Waals surface area contributed by atoms with Crippen molar-refractivity contribution < 1.29 is 18.5 Å². The Morgan fingerprint density at radius 2 is 1.89 bits per heavy atom. The van der Waals surface area contributed by atoms with E-state index in [2.05, 4.69) is 17.5 Å². The van der Waals surface area contributed by atoms with E-state index in [4.69, 9.17) is 31.3 Å². The normalized spacial score (nSPS) is 18.9. The maximum Gasteiger partial charge on any atom is 0.320 e. The number of anilines is 1. The molecule has 2 aliphatic rings. The third kappa shape index (κ3) is 7.10. The summed E-state index contributed by atoms with van der Waals surface area (Å²) in [5.74, 6) is -1.33. The topological polar surface area (TPSA) is 116 Å². The van der Waals surface area contributed by atoms with Gasteiger partial charge in [0.2, 0.25) is 0 Å². The first-order chi connectivity index (χ1) is 22.5. The fourth-order valence-corrected chi connectivity index (χ4v) is 8.10. The Morgan fingerprint density at radius 3 is 2.64 bits per heavy atom. The fraction of sp³-hybridized carbons (Fsp3) is 0.382. The number of piperazine rings is 1. The van der Waals surface area contributed by atoms with Crippen LogP contribution in [0.1, 0.15) is 19.3 Å². The second-order valence-corrected chi connectivity index (χ2v) is 16.4. The highest BCUT2D eigenvalue weighted by molar-refractivity contribution is 7.62. The van der Waals surface area contributed by atoms with Crippen LogP contribution in [0.3, 0.4) is 0 Å². The first kappa shape index (κ1) is 32.8. The Morgan fingerprint density at radius 1 is 1.11 bits per heavy atom. The molecule has 0 radical (unpaired) electrons. The SMILES string of the molecule is C=C(F)C(=O)N1CCN(c2nc(OCC3CCCN3CP(C)(C)=O)nc3nc(-c4cccc5cccc(Cl)c45)ccc23)CC1CC#N. The van der Waals surface area contributed by atoms with Crippen molar-refractivity contribution in [3.63, 3.8) is 0 Å². The number of carbonyl (C=O) groups is 1. The quantitative estimate of drug-likeness (QED) is 0.148. The van der Waals surface area contributed by atoms with Crippen LogP contribution in [-0.4, -0.2) is 95.1 Å². The number of pyridine rings is 1. The van der Waals surface area contributed by atoms with E-state index in [1.54, 1.807) is 13.3 Å². The number of hydrogen-bond donors (Lipinski definition) is 0. The Hall–Kier alpha value is -4.10. The number of halogens is 2. The Bertz CT molecular complexity index is 1940. The van der Waals surface area contributed by atoms with Crippen LogP contribution < -0.4 is 9.64 Å². The molecule has 6 rings (SSSR count). The molecule has 1 amide bonds. The molecule has 0 N–H and O–H groups in total. The second kappa shape index (κ2) is 13.6. The van der Waals surface area contributed by atoms with Gasteiger partial charge in [0.15, 0.2) is 11.5 Å². The number of nitriles is 1. The van der Waals surface area contributed by atoms with Gasteiger partial charge in [-0.25, -0.2) is 9.37 Å². The first-order valence-corrected chi connectivity index (χ1v) is 18.7. The van der Waals surface area contributed by atoms with Crippen molar-refractivity contribution in [2.75, 3.05) is 57.3 Å². The molecule has 10 nitrogen and oxygen atoms in total. The molecule has 0 spiro atoms. The van der Waals surface area contributed by atoms with Gasteiger partial charge in [0.05, 0.1) is 43.0 Å². The molecule has 2 aliphatic heterocycles. The van der Waals surface area contributed by atoms with Crippen molar-refractivity contribution in [2.45, 2.75) is 31.3 Å². The second-order valence-electron chi connectivity index (χ2n) is 12.5. The van der Waals surface area contributed by atoms with Crippen LogP contribution in [0.5, 0.6) is 6.01 Å². The Kier molecular flexibility index (Phi) is 9.47. The third-order valence-electron chi connectivity index (χ3n) is 8.68. The predicted molar refractivity (Wildman–Crippen MR) is 183 cm³/mol. The van der Waals surface area contributed by atoms with Gasteiger partial charge in [0.25, 0.3) is 5.91 Å². The van der Waals surface area contributed by atoms with Crippen LogP contribution in [0.4, 0.5) is 10.2 Å². The molecule has 2 atom stereocenters. The third-order valence-corrected chi connectivity index (χ3v) is 10.0. The first-order valence-electron chi connectivity index (χ1n) is 15.6. The highest BCUT2D eigenvalue weighted by Gasteiger charge is 2.34. The molecule has 244 valence electrons. The van der Waals surface area contributed by atoms with Gasteiger partial charge in [-0.2, -0.15) is 15.2 Å². The van der Waals surface area contributed by atoms with Crippen molar-refractivity contribution in [3.05, 3.63) is 66.0 Å². The largest absolute Gasteiger partial charge is 0.462 e. The lowest BCUT2D eigenvalue weighted by Gasteiger charge is -2.41. The molecule has 2 fully saturated rings. The number of aromatic nitrogens is 3. The molecule has 47 heavy (non-hydrogen) atoms. The maximum absolute atomic E-state index is 13.9. The van der Waals surface area contributed by atoms with Crippen molar-refractivity contribution in [3.8, 4) is 23.3 Å². The predicted octanol–water partition coefficient (Wildman–Crippen LogP) is 6.34. The molecule has 4 aromatic rings. The number of likely N-dealkylation sites (tertiary alicyclic amines) is 1. The number of amides is 1. The number of rotatable bonds is 9. The van der Waals surface area contributed by atoms with E-state index >= 15 is 0 Å². The van der Waals surface area contributed by atoms with E-state index in [1.807, 2.05) is 53.4 Å². The van der Waals surface area contributed by atoms with E-state index in [0.717, 1.165) is 35.7 Å². The zero-order valence-corrected chi connectivity index (χ0v) is 28.1. The zero-order chi connectivity index (χ0) is 33.3. The minimum atomic E-state index is -2.26. The number of carbonyl (C=O) groups excluding carboxylic acids is 1. The number of benzene rings is 2. The molecule has 2 unspecified atom stereocenters. The summed E-state index contributed by atoms with van der Waals surface area (Å²) in [6.07, 6.45) is 2.45. The summed E-state index contributed by atoms with van der Waals surface area (Å²) in [7, 11) is -2.26. The molecule has 2 aromatic heterocycles. The monoisotopic (exact) mass is 675 g/mol. The van der Waals surface area contributed by atoms with Crippen LogP contribution in [-0.2, 0) is 9.36 Å². The number of hydrogen-bond acceptors (Lipinski definition) is 9. The van der Waals surface area contributed by atoms with Gasteiger partial charge in [0.1, 0.15) is 12.4 Å². The minimum Gasteiger partial charge on any atom is -0.462 e. The fourth-order valence-electron chi connectivity index (χ4n) is 6.57. The van der Waals surface area contributed by atoms with E-state index < -0.39 is 24.9 Å². The van der Waals surface area contributed by atoms with Gasteiger partial charge in [-0.3, -0.25) is 9.69 Å². The van der Waals surface area contributed by atoms with E-state index in [0.29, 0.717) is 47.0 Å². The van der Waals surface area contributed by atoms with E-state index in [-0.39, 0.29) is 31.6 Å². The van der Waals surface area contributed by atoms with Gasteiger partial charge in [0, 0.05) is 41.6 Å². The Balaban J connectivity index is 1.39. The summed E-state index contributed by atoms with van der Waals surface area (Å²) in [6, 6.07) is 17.3. The molecular formula is C34H36ClFN7O3P. The van der Waals surface area contributed by atoms with Gasteiger partial charge >= 0.3 is 6.01 Å². The van der Waals surface area contributed by atoms with E-state index in [1.165, 1.54) is 4.90 Å². The van der Waals surface area contributed by atoms with Crippen molar-refractivity contribution in [2.24, 2.45) is 0 Å². The molecule has 2 aromatic carbocycles. The lowest BCUT2D eigenvalue weighted by molar-refractivity contribution is -0.131. The molecule has 0 bridgehead atoms. The highest BCUT2D eigenvalue weighted by atomic mass is 35.5. The van der Waals surface area contributed by atoms with Crippen LogP contribution in [0.25, 0.3) is 33.1 Å². The van der Waals surface area contributed by atoms with Crippen molar-refractivity contribution in [1.29, 1.82) is 5.26 Å². The van der Waals surface area contributed by atoms with Gasteiger partial charge < -0.3 is 19.1 Å². The molecule has 4 heterocycles. The Labute approximate surface area is 278 Å². The van der Waals surface area contributed by atoms with Gasteiger partial charge in [-0.15, -0.1) is 0 Å². The molecule has 13 heteroatoms. The summed E-state index contributed by atoms with van der Waals surface area (Å²) in [4.78, 5) is 32.6. The van der Waals surface area contributed by atoms with Crippen LogP contribution in [0, 0.1) is 11.3 Å². The standard InChI is InChI=1S/C34H36ClFN7O3P/c1-22(36)33(44)43-18-17-41(19-24(43)14-15-37)32-27-12-13-29(26-10-4-7-23-8-5-11-28(35)30(23)26)38-31(27)39-34(40-32)46-20-25-9-6-16-42(25)21-47(2,3)45/h4-5,7-8,10-13,24-25H,1,6,9,14,16-21H2,2-3H3. The summed E-state index contributed by atoms with van der Waals surface area (Å²) in [5, 5.41) is 12.7. The maximum atomic E-state index is 13.9. The molecular weight excluding hydrogens is 640 g/mol. The number of fused-ring (bicyclic) bond motifs is 2. The van der Waals surface area contributed by atoms with E-state index in [9.17, 15) is 19.0 Å². The summed E-state index contributed by atoms with van der Waals surface area (Å²) in [6.45, 7) is 8.70. The lowest BCUT2D eigenvalue weighted by atomic mass is 10.0. The van der Waals surface area contributed by atoms with Gasteiger partial charge in [-0.05, 0) is 56.3 Å². The van der Waals surface area contributed by atoms with Crippen molar-refractivity contribution >= 4 is 52.3 Å². The van der Waals surface area contributed by atoms with Crippen molar-refractivity contribution in [1.82, 2.24) is 24.8 Å². The minimum absolute atomic E-state index is 0.0162. The van der Waals surface area contributed by atoms with Crippen LogP contribution in [0.15, 0.2) is 60.9 Å². The van der Waals surface area contributed by atoms with Gasteiger partial charge in [-0.1, -0.05) is 48.5 Å². The number of ether oxygens (including phenoxy) is 1. The van der Waals surface area contributed by atoms with Crippen LogP contribution >= 0.6 is 18.7 Å². The average Bonchev–Trinajstić information content (AvgIpc) is 3.48. The zero-order valence-electron chi connectivity index (χ0n) is 26.4. The molecule has 0 saturated carbocycles. The molecule has 0 aliphatic carbocycles. The number of nitrogens with zero attached hydrogens (tertiary/aromatic N) is 7. The highest BCUT2D eigenvalue weighted by Crippen LogP contribution is 2.39. The smallest absolute Gasteiger partial charge is 0.320 e. The average molecular weight is 676 g/mol. The summed E-state index contributed by atoms with van der Waals surface area (Å²) < 4.78 is 32.7. The summed E-state index contributed by atoms with van der Waals surface area (Å²) in [5.41, 5.74) is 1.94. The van der Waals surface area contributed by atoms with Crippen LogP contribution in [0.2, 0.25) is 5.02 Å². The lowest BCUT2D eigenvalue weighted by Crippen LogP contribution is -2.55. The molecule has 2 saturated heterocycles.